The number of aliphatic hydroxyl groups excluding tert-OH is 1. The van der Waals surface area contributed by atoms with Crippen LogP contribution in [-0.4, -0.2) is 95.5 Å². The summed E-state index contributed by atoms with van der Waals surface area (Å²) in [5.74, 6) is 0. The fourth-order valence-electron chi connectivity index (χ4n) is 0.792. The minimum absolute atomic E-state index is 0.118. The number of aldehydes is 1. The van der Waals surface area contributed by atoms with Crippen molar-refractivity contribution in [3.63, 3.8) is 0 Å². The van der Waals surface area contributed by atoms with Gasteiger partial charge in [0.05, 0.1) is 26.4 Å². The summed E-state index contributed by atoms with van der Waals surface area (Å²) in [5, 5.41) is 8.29. The van der Waals surface area contributed by atoms with Gasteiger partial charge in [-0.3, -0.25) is 0 Å². The minimum atomic E-state index is 0.118. The second-order valence-corrected chi connectivity index (χ2v) is 4.18. The van der Waals surface area contributed by atoms with Gasteiger partial charge in [-0.1, -0.05) is 0 Å². The van der Waals surface area contributed by atoms with Gasteiger partial charge >= 0.3 is 0 Å². The van der Waals surface area contributed by atoms with Gasteiger partial charge in [-0.2, -0.15) is 0 Å². The van der Waals surface area contributed by atoms with E-state index in [0.717, 1.165) is 19.4 Å². The highest BCUT2D eigenvalue weighted by atomic mass is 16.5. The number of carbonyl (C=O) groups excluding carboxylic acids is 1. The number of hydrogen-bond donors (Lipinski definition) is 1. The molecule has 0 aromatic heterocycles. The van der Waals surface area contributed by atoms with Crippen molar-refractivity contribution < 1.29 is 19.4 Å². The zero-order valence-corrected chi connectivity index (χ0v) is 12.1. The molecule has 0 aliphatic heterocycles. The Morgan fingerprint density at radius 3 is 1.83 bits per heavy atom. The summed E-state index contributed by atoms with van der Waals surface area (Å²) in [6.45, 7) is 3.91. The van der Waals surface area contributed by atoms with Crippen LogP contribution in [-0.2, 0) is 14.3 Å². The average molecular weight is 264 g/mol. The Kier molecular flexibility index (Phi) is 18.1. The van der Waals surface area contributed by atoms with Gasteiger partial charge in [0, 0.05) is 13.1 Å². The third-order valence-corrected chi connectivity index (χ3v) is 1.79. The van der Waals surface area contributed by atoms with Gasteiger partial charge in [0.25, 0.3) is 0 Å². The van der Waals surface area contributed by atoms with E-state index in [1.165, 1.54) is 0 Å². The number of carbonyl (C=O) groups is 1. The Balaban J connectivity index is 0. The summed E-state index contributed by atoms with van der Waals surface area (Å²) in [5.41, 5.74) is 0. The number of likely N-dealkylation sites (N-methyl/N-ethyl adjacent to an activating group) is 2. The number of rotatable bonds is 10. The lowest BCUT2D eigenvalue weighted by Crippen LogP contribution is -2.18. The molecule has 0 radical (unpaired) electrons. The first-order chi connectivity index (χ1) is 8.54. The van der Waals surface area contributed by atoms with Gasteiger partial charge in [-0.15, -0.1) is 0 Å². The molecule has 0 aromatic rings. The molecule has 0 bridgehead atoms. The third kappa shape index (κ3) is 24.6. The van der Waals surface area contributed by atoms with E-state index in [9.17, 15) is 4.79 Å². The van der Waals surface area contributed by atoms with Crippen molar-refractivity contribution in [1.29, 1.82) is 0 Å². The first-order valence-electron chi connectivity index (χ1n) is 6.04. The summed E-state index contributed by atoms with van der Waals surface area (Å²) in [6.07, 6.45) is 0.760. The Hall–Kier alpha value is -0.530. The van der Waals surface area contributed by atoms with Crippen molar-refractivity contribution in [1.82, 2.24) is 9.80 Å². The fraction of sp³-hybridized carbons (Fsp3) is 0.917. The van der Waals surface area contributed by atoms with Crippen LogP contribution < -0.4 is 0 Å². The van der Waals surface area contributed by atoms with Crippen LogP contribution in [0.2, 0.25) is 0 Å². The van der Waals surface area contributed by atoms with E-state index in [1.807, 2.05) is 38.0 Å². The molecule has 18 heavy (non-hydrogen) atoms. The van der Waals surface area contributed by atoms with Crippen LogP contribution in [0.15, 0.2) is 0 Å². The molecule has 0 unspecified atom stereocenters. The average Bonchev–Trinajstić information content (AvgIpc) is 2.31. The van der Waals surface area contributed by atoms with Crippen molar-refractivity contribution in [2.75, 3.05) is 74.3 Å². The Morgan fingerprint density at radius 1 is 0.944 bits per heavy atom. The van der Waals surface area contributed by atoms with Crippen LogP contribution in [0, 0.1) is 0 Å². The molecule has 0 rings (SSSR count). The SMILES string of the molecule is CN(C)CCOCC=O.CN(C)CCOCCO. The molecule has 0 amide bonds. The highest BCUT2D eigenvalue weighted by Gasteiger charge is 1.88. The van der Waals surface area contributed by atoms with Crippen LogP contribution in [0.4, 0.5) is 0 Å². The molecular weight excluding hydrogens is 236 g/mol. The van der Waals surface area contributed by atoms with E-state index >= 15 is 0 Å². The van der Waals surface area contributed by atoms with Gasteiger partial charge in [0.1, 0.15) is 12.9 Å². The summed E-state index contributed by atoms with van der Waals surface area (Å²) in [6, 6.07) is 0. The van der Waals surface area contributed by atoms with Gasteiger partial charge in [-0.05, 0) is 28.2 Å². The van der Waals surface area contributed by atoms with E-state index in [2.05, 4.69) is 0 Å². The lowest BCUT2D eigenvalue weighted by atomic mass is 10.6. The number of nitrogens with zero attached hydrogens (tertiary/aromatic N) is 2. The maximum Gasteiger partial charge on any atom is 0.145 e. The first-order valence-corrected chi connectivity index (χ1v) is 6.04. The van der Waals surface area contributed by atoms with Crippen LogP contribution in [0.5, 0.6) is 0 Å². The summed E-state index contributed by atoms with van der Waals surface area (Å²) >= 11 is 0. The Morgan fingerprint density at radius 2 is 1.44 bits per heavy atom. The Bertz CT molecular complexity index is 166. The van der Waals surface area contributed by atoms with Crippen molar-refractivity contribution in [2.45, 2.75) is 0 Å². The van der Waals surface area contributed by atoms with Gasteiger partial charge in [0.2, 0.25) is 0 Å². The molecule has 0 fully saturated rings. The molecule has 0 spiro atoms. The lowest BCUT2D eigenvalue weighted by molar-refractivity contribution is -0.111. The van der Waals surface area contributed by atoms with E-state index in [1.54, 1.807) is 0 Å². The zero-order valence-electron chi connectivity index (χ0n) is 12.1. The molecule has 6 heteroatoms. The highest BCUT2D eigenvalue weighted by molar-refractivity contribution is 5.50. The standard InChI is InChI=1S/C6H15NO2.C6H13NO2/c2*1-7(2)3-5-9-6-4-8/h8H,3-6H2,1-2H3;4H,3,5-6H2,1-2H3. The quantitative estimate of drug-likeness (QED) is 0.417. The summed E-state index contributed by atoms with van der Waals surface area (Å²) in [4.78, 5) is 13.8. The first kappa shape index (κ1) is 19.8. The zero-order chi connectivity index (χ0) is 14.2. The minimum Gasteiger partial charge on any atom is -0.394 e. The predicted octanol–water partition coefficient (Wildman–Crippen LogP) is -0.680. The van der Waals surface area contributed by atoms with E-state index < -0.39 is 0 Å². The Labute approximate surface area is 110 Å². The van der Waals surface area contributed by atoms with Crippen molar-refractivity contribution >= 4 is 6.29 Å². The summed E-state index contributed by atoms with van der Waals surface area (Å²) < 4.78 is 9.89. The predicted molar refractivity (Wildman–Crippen MR) is 71.9 cm³/mol. The third-order valence-electron chi connectivity index (χ3n) is 1.79. The molecule has 0 saturated carbocycles. The number of hydrogen-bond acceptors (Lipinski definition) is 6. The second-order valence-electron chi connectivity index (χ2n) is 4.18. The largest absolute Gasteiger partial charge is 0.394 e. The molecule has 6 nitrogen and oxygen atoms in total. The van der Waals surface area contributed by atoms with Crippen molar-refractivity contribution in [3.8, 4) is 0 Å². The highest BCUT2D eigenvalue weighted by Crippen LogP contribution is 1.76. The van der Waals surface area contributed by atoms with Gasteiger partial charge in [-0.25, -0.2) is 0 Å². The normalized spacial score (nSPS) is 10.4. The van der Waals surface area contributed by atoms with Crippen molar-refractivity contribution in [2.24, 2.45) is 0 Å². The molecule has 0 aliphatic carbocycles. The molecule has 1 N–H and O–H groups in total. The molecule has 0 aliphatic rings. The van der Waals surface area contributed by atoms with Gasteiger partial charge < -0.3 is 29.2 Å². The van der Waals surface area contributed by atoms with Crippen LogP contribution in [0.25, 0.3) is 0 Å². The molecule has 0 saturated heterocycles. The smallest absolute Gasteiger partial charge is 0.145 e. The van der Waals surface area contributed by atoms with E-state index in [4.69, 9.17) is 14.6 Å². The number of aliphatic hydroxyl groups is 1. The van der Waals surface area contributed by atoms with Gasteiger partial charge in [0.15, 0.2) is 0 Å². The maximum absolute atomic E-state index is 9.71. The monoisotopic (exact) mass is 264 g/mol. The van der Waals surface area contributed by atoms with Crippen LogP contribution >= 0.6 is 0 Å². The van der Waals surface area contributed by atoms with E-state index in [0.29, 0.717) is 19.8 Å². The van der Waals surface area contributed by atoms with Crippen molar-refractivity contribution in [3.05, 3.63) is 0 Å². The molecule has 0 heterocycles. The molecule has 0 aromatic carbocycles. The topological polar surface area (TPSA) is 62.2 Å². The maximum atomic E-state index is 9.71. The lowest BCUT2D eigenvalue weighted by Gasteiger charge is -2.08. The van der Waals surface area contributed by atoms with Crippen LogP contribution in [0.3, 0.4) is 0 Å². The summed E-state index contributed by atoms with van der Waals surface area (Å²) in [7, 11) is 7.90. The molecule has 110 valence electrons. The van der Waals surface area contributed by atoms with E-state index in [-0.39, 0.29) is 13.2 Å². The molecule has 0 atom stereocenters. The molecular formula is C12H28N2O4. The van der Waals surface area contributed by atoms with Crippen LogP contribution in [0.1, 0.15) is 0 Å². The second kappa shape index (κ2) is 16.5. The number of ether oxygens (including phenoxy) is 2. The fourth-order valence-corrected chi connectivity index (χ4v) is 0.792.